The molecule has 46 heavy (non-hydrogen) atoms. The largest absolute Gasteiger partial charge is 0.497 e. The highest BCUT2D eigenvalue weighted by Gasteiger charge is 2.22. The first-order valence-corrected chi connectivity index (χ1v) is 15.9. The summed E-state index contributed by atoms with van der Waals surface area (Å²) in [7, 11) is 1.59. The number of amides is 1. The van der Waals surface area contributed by atoms with Crippen molar-refractivity contribution in [1.82, 2.24) is 4.57 Å². The SMILES string of the molecule is COc1ccc(CCn2c(=C(C#N)C(=O)Nc3ccc(C)c(C)c3)sc(=Cc3ccc(N4CCCCC4)c([N+](=O)[O-])c3)c2=O)cc1. The molecule has 1 aliphatic heterocycles. The summed E-state index contributed by atoms with van der Waals surface area (Å²) in [6.45, 7) is 5.62. The third kappa shape index (κ3) is 7.19. The summed E-state index contributed by atoms with van der Waals surface area (Å²) in [5.41, 5.74) is 3.98. The Morgan fingerprint density at radius 2 is 1.80 bits per heavy atom. The van der Waals surface area contributed by atoms with Crippen molar-refractivity contribution >= 4 is 46.0 Å². The van der Waals surface area contributed by atoms with Crippen LogP contribution in [0.15, 0.2) is 65.5 Å². The number of hydrogen-bond donors (Lipinski definition) is 1. The normalized spacial score (nSPS) is 14.0. The average molecular weight is 638 g/mol. The number of hydrogen-bond acceptors (Lipinski definition) is 8. The van der Waals surface area contributed by atoms with Crippen molar-refractivity contribution in [2.24, 2.45) is 0 Å². The van der Waals surface area contributed by atoms with Gasteiger partial charge in [-0.25, -0.2) is 0 Å². The Bertz CT molecular complexity index is 2000. The van der Waals surface area contributed by atoms with Crippen LogP contribution in [0.2, 0.25) is 0 Å². The smallest absolute Gasteiger partial charge is 0.293 e. The Labute approximate surface area is 270 Å². The Morgan fingerprint density at radius 1 is 1.07 bits per heavy atom. The van der Waals surface area contributed by atoms with E-state index >= 15 is 0 Å². The number of rotatable bonds is 9. The van der Waals surface area contributed by atoms with Crippen LogP contribution in [0.5, 0.6) is 5.75 Å². The van der Waals surface area contributed by atoms with Crippen LogP contribution in [0.4, 0.5) is 17.1 Å². The molecule has 0 unspecified atom stereocenters. The van der Waals surface area contributed by atoms with Gasteiger partial charge in [0.15, 0.2) is 5.57 Å². The first-order chi connectivity index (χ1) is 22.2. The molecule has 0 atom stereocenters. The molecule has 1 aliphatic rings. The topological polar surface area (TPSA) is 130 Å². The Hall–Kier alpha value is -5.21. The van der Waals surface area contributed by atoms with Crippen LogP contribution < -0.4 is 29.7 Å². The van der Waals surface area contributed by atoms with Crippen molar-refractivity contribution in [3.05, 3.63) is 113 Å². The number of nitrogens with zero attached hydrogens (tertiary/aromatic N) is 4. The molecular formula is C35H35N5O5S. The number of carbonyl (C=O) groups is 1. The second kappa shape index (κ2) is 14.3. The van der Waals surface area contributed by atoms with Gasteiger partial charge in [-0.1, -0.05) is 24.3 Å². The van der Waals surface area contributed by atoms with E-state index < -0.39 is 10.8 Å². The standard InChI is InChI=1S/C35H35N5O5S/c1-23-7-11-27(19-24(23)2)37-33(41)29(22-36)35-39(18-15-25-8-12-28(45-3)13-9-25)34(42)32(46-35)21-26-10-14-30(31(20-26)40(43)44)38-16-5-4-6-17-38/h7-14,19-21H,4-6,15-18H2,1-3H3,(H,37,41). The molecule has 5 rings (SSSR count). The minimum atomic E-state index is -0.627. The fourth-order valence-corrected chi connectivity index (χ4v) is 6.61. The zero-order chi connectivity index (χ0) is 32.8. The number of methoxy groups -OCH3 is 1. The van der Waals surface area contributed by atoms with Crippen LogP contribution in [0.3, 0.4) is 0 Å². The molecule has 4 aromatic rings. The summed E-state index contributed by atoms with van der Waals surface area (Å²) < 4.78 is 7.16. The molecule has 1 aromatic heterocycles. The van der Waals surface area contributed by atoms with E-state index in [1.807, 2.05) is 61.2 Å². The molecular weight excluding hydrogens is 602 g/mol. The molecule has 1 fully saturated rings. The molecule has 1 saturated heterocycles. The predicted octanol–water partition coefficient (Wildman–Crippen LogP) is 4.82. The highest BCUT2D eigenvalue weighted by atomic mass is 32.1. The Morgan fingerprint density at radius 3 is 2.46 bits per heavy atom. The lowest BCUT2D eigenvalue weighted by atomic mass is 10.1. The van der Waals surface area contributed by atoms with Crippen molar-refractivity contribution in [2.45, 2.75) is 46.1 Å². The molecule has 11 heteroatoms. The van der Waals surface area contributed by atoms with E-state index in [-0.39, 0.29) is 32.6 Å². The number of aromatic nitrogens is 1. The first kappa shape index (κ1) is 32.2. The summed E-state index contributed by atoms with van der Waals surface area (Å²) >= 11 is 1.02. The van der Waals surface area contributed by atoms with Gasteiger partial charge in [-0.05, 0) is 98.2 Å². The number of anilines is 2. The summed E-state index contributed by atoms with van der Waals surface area (Å²) in [5, 5.41) is 25.0. The molecule has 10 nitrogen and oxygen atoms in total. The molecule has 1 N–H and O–H groups in total. The number of carbonyl (C=O) groups excluding carboxylic acids is 1. The molecule has 3 aromatic carbocycles. The van der Waals surface area contributed by atoms with Crippen LogP contribution in [-0.4, -0.2) is 35.6 Å². The molecule has 2 heterocycles. The number of ether oxygens (including phenoxy) is 1. The number of nitriles is 1. The van der Waals surface area contributed by atoms with Crippen LogP contribution in [0.1, 0.15) is 41.5 Å². The molecule has 0 bridgehead atoms. The summed E-state index contributed by atoms with van der Waals surface area (Å²) in [6, 6.07) is 19.9. The number of nitro groups is 1. The van der Waals surface area contributed by atoms with Crippen molar-refractivity contribution in [2.75, 3.05) is 30.4 Å². The van der Waals surface area contributed by atoms with E-state index in [1.54, 1.807) is 31.4 Å². The lowest BCUT2D eigenvalue weighted by Crippen LogP contribution is -2.34. The minimum Gasteiger partial charge on any atom is -0.497 e. The van der Waals surface area contributed by atoms with Crippen LogP contribution in [0, 0.1) is 35.3 Å². The van der Waals surface area contributed by atoms with E-state index in [1.165, 1.54) is 10.6 Å². The lowest BCUT2D eigenvalue weighted by Gasteiger charge is -2.28. The van der Waals surface area contributed by atoms with Gasteiger partial charge in [0.05, 0.1) is 16.6 Å². The Kier molecular flexibility index (Phi) is 9.98. The van der Waals surface area contributed by atoms with Gasteiger partial charge in [-0.3, -0.25) is 24.3 Å². The number of piperidine rings is 1. The zero-order valence-electron chi connectivity index (χ0n) is 26.0. The predicted molar refractivity (Wildman–Crippen MR) is 181 cm³/mol. The van der Waals surface area contributed by atoms with Gasteiger partial charge in [-0.15, -0.1) is 11.3 Å². The van der Waals surface area contributed by atoms with Gasteiger partial charge in [0.25, 0.3) is 17.2 Å². The van der Waals surface area contributed by atoms with Crippen molar-refractivity contribution < 1.29 is 14.5 Å². The van der Waals surface area contributed by atoms with Gasteiger partial charge in [-0.2, -0.15) is 5.26 Å². The van der Waals surface area contributed by atoms with Crippen molar-refractivity contribution in [1.29, 1.82) is 5.26 Å². The number of benzene rings is 3. The molecule has 0 saturated carbocycles. The van der Waals surface area contributed by atoms with Crippen molar-refractivity contribution in [3.8, 4) is 11.8 Å². The van der Waals surface area contributed by atoms with Gasteiger partial charge < -0.3 is 15.0 Å². The number of thiazole rings is 1. The number of nitro benzene ring substituents is 1. The van der Waals surface area contributed by atoms with E-state index in [9.17, 15) is 25.0 Å². The molecule has 0 aliphatic carbocycles. The zero-order valence-corrected chi connectivity index (χ0v) is 26.9. The first-order valence-electron chi connectivity index (χ1n) is 15.1. The van der Waals surface area contributed by atoms with Gasteiger partial charge in [0.1, 0.15) is 22.2 Å². The summed E-state index contributed by atoms with van der Waals surface area (Å²) in [5.74, 6) is 0.0795. The van der Waals surface area contributed by atoms with Gasteiger partial charge in [0.2, 0.25) is 0 Å². The maximum atomic E-state index is 13.9. The maximum Gasteiger partial charge on any atom is 0.293 e. The van der Waals surface area contributed by atoms with Gasteiger partial charge >= 0.3 is 0 Å². The van der Waals surface area contributed by atoms with E-state index in [0.717, 1.165) is 60.4 Å². The highest BCUT2D eigenvalue weighted by molar-refractivity contribution is 7.07. The number of aryl methyl sites for hydroxylation is 3. The van der Waals surface area contributed by atoms with Gasteiger partial charge in [0, 0.05) is 31.4 Å². The molecule has 1 amide bonds. The molecule has 0 spiro atoms. The van der Waals surface area contributed by atoms with E-state index in [2.05, 4.69) is 5.32 Å². The van der Waals surface area contributed by atoms with E-state index in [4.69, 9.17) is 4.74 Å². The fraction of sp³-hybridized carbons (Fsp3) is 0.286. The maximum absolute atomic E-state index is 13.9. The third-order valence-corrected chi connectivity index (χ3v) is 9.33. The fourth-order valence-electron chi connectivity index (χ4n) is 5.48. The van der Waals surface area contributed by atoms with E-state index in [0.29, 0.717) is 29.1 Å². The molecule has 236 valence electrons. The summed E-state index contributed by atoms with van der Waals surface area (Å²) in [4.78, 5) is 41.0. The van der Waals surface area contributed by atoms with Crippen LogP contribution in [-0.2, 0) is 17.8 Å². The average Bonchev–Trinajstić information content (AvgIpc) is 3.36. The molecule has 0 radical (unpaired) electrons. The second-order valence-electron chi connectivity index (χ2n) is 11.3. The van der Waals surface area contributed by atoms with Crippen LogP contribution >= 0.6 is 11.3 Å². The second-order valence-corrected chi connectivity index (χ2v) is 12.3. The minimum absolute atomic E-state index is 0.0238. The van der Waals surface area contributed by atoms with Crippen LogP contribution in [0.25, 0.3) is 11.6 Å². The van der Waals surface area contributed by atoms with Crippen molar-refractivity contribution in [3.63, 3.8) is 0 Å². The number of nitrogens with one attached hydrogen (secondary N) is 1. The summed E-state index contributed by atoms with van der Waals surface area (Å²) in [6.07, 6.45) is 5.11. The Balaban J connectivity index is 1.59. The lowest BCUT2D eigenvalue weighted by molar-refractivity contribution is -0.384. The highest BCUT2D eigenvalue weighted by Crippen LogP contribution is 2.31. The quantitative estimate of drug-likeness (QED) is 0.206. The monoisotopic (exact) mass is 637 g/mol. The third-order valence-electron chi connectivity index (χ3n) is 8.20.